The average Bonchev–Trinajstić information content (AvgIpc) is 2.76. The van der Waals surface area contributed by atoms with Gasteiger partial charge >= 0.3 is 0 Å². The normalized spacial score (nSPS) is 20.2. The minimum absolute atomic E-state index is 0.0673. The number of aromatic nitrogens is 3. The number of likely N-dealkylation sites (tertiary alicyclic amines) is 1. The van der Waals surface area contributed by atoms with Gasteiger partial charge in [0.15, 0.2) is 0 Å². The third kappa shape index (κ3) is 3.37. The van der Waals surface area contributed by atoms with E-state index in [0.29, 0.717) is 31.8 Å². The lowest BCUT2D eigenvalue weighted by atomic mass is 9.82. The van der Waals surface area contributed by atoms with Gasteiger partial charge in [-0.15, -0.1) is 0 Å². The largest absolute Gasteiger partial charge is 0.337 e. The van der Waals surface area contributed by atoms with Crippen molar-refractivity contribution in [1.82, 2.24) is 23.8 Å². The SMILES string of the molecule is CN(C)Cc1ccc2n(c1=O)C[C@H]1C[C@@H]2CN(C(=O)c2cnc3ccccn3c2=O)C1. The molecule has 5 rings (SSSR count). The van der Waals surface area contributed by atoms with Crippen molar-refractivity contribution in [2.24, 2.45) is 5.92 Å². The van der Waals surface area contributed by atoms with Gasteiger partial charge in [-0.3, -0.25) is 18.8 Å². The third-order valence-electron chi connectivity index (χ3n) is 6.30. The Morgan fingerprint density at radius 1 is 1.10 bits per heavy atom. The maximum atomic E-state index is 13.2. The fourth-order valence-electron chi connectivity index (χ4n) is 4.96. The van der Waals surface area contributed by atoms with Crippen LogP contribution >= 0.6 is 0 Å². The van der Waals surface area contributed by atoms with Gasteiger partial charge in [-0.2, -0.15) is 0 Å². The highest BCUT2D eigenvalue weighted by Crippen LogP contribution is 2.35. The summed E-state index contributed by atoms with van der Waals surface area (Å²) in [6.45, 7) is 2.25. The van der Waals surface area contributed by atoms with E-state index >= 15 is 0 Å². The molecule has 0 spiro atoms. The molecule has 1 saturated heterocycles. The first-order valence-corrected chi connectivity index (χ1v) is 10.6. The van der Waals surface area contributed by atoms with E-state index in [0.717, 1.165) is 17.7 Å². The highest BCUT2D eigenvalue weighted by atomic mass is 16.2. The van der Waals surface area contributed by atoms with Gasteiger partial charge in [0.25, 0.3) is 17.0 Å². The minimum atomic E-state index is -0.351. The van der Waals surface area contributed by atoms with Gasteiger partial charge in [-0.25, -0.2) is 4.98 Å². The van der Waals surface area contributed by atoms with Crippen molar-refractivity contribution in [3.63, 3.8) is 0 Å². The zero-order valence-electron chi connectivity index (χ0n) is 17.7. The van der Waals surface area contributed by atoms with Gasteiger partial charge in [0, 0.05) is 55.7 Å². The molecule has 1 amide bonds. The van der Waals surface area contributed by atoms with Crippen molar-refractivity contribution in [2.45, 2.75) is 25.4 Å². The van der Waals surface area contributed by atoms with Crippen LogP contribution in [0.1, 0.15) is 34.0 Å². The number of hydrogen-bond acceptors (Lipinski definition) is 5. The highest BCUT2D eigenvalue weighted by molar-refractivity contribution is 5.94. The topological polar surface area (TPSA) is 79.9 Å². The Bertz CT molecular complexity index is 1290. The molecule has 0 aliphatic carbocycles. The lowest BCUT2D eigenvalue weighted by Gasteiger charge is -2.42. The van der Waals surface area contributed by atoms with Gasteiger partial charge in [-0.05, 0) is 44.6 Å². The molecule has 3 aromatic rings. The van der Waals surface area contributed by atoms with Gasteiger partial charge in [0.2, 0.25) is 0 Å². The van der Waals surface area contributed by atoms with Crippen molar-refractivity contribution in [1.29, 1.82) is 0 Å². The number of piperidine rings is 1. The second kappa shape index (κ2) is 7.46. The Hall–Kier alpha value is -3.26. The van der Waals surface area contributed by atoms with Crippen LogP contribution in [-0.4, -0.2) is 56.8 Å². The predicted octanol–water partition coefficient (Wildman–Crippen LogP) is 1.18. The van der Waals surface area contributed by atoms with E-state index in [-0.39, 0.29) is 34.4 Å². The number of carbonyl (C=O) groups excluding carboxylic acids is 1. The zero-order valence-corrected chi connectivity index (χ0v) is 17.7. The molecule has 2 bridgehead atoms. The molecule has 0 aromatic carbocycles. The van der Waals surface area contributed by atoms with Crippen LogP contribution in [0.2, 0.25) is 0 Å². The van der Waals surface area contributed by atoms with Crippen LogP contribution in [-0.2, 0) is 13.1 Å². The number of carbonyl (C=O) groups is 1. The van der Waals surface area contributed by atoms with Crippen LogP contribution in [0, 0.1) is 5.92 Å². The Morgan fingerprint density at radius 3 is 2.74 bits per heavy atom. The summed E-state index contributed by atoms with van der Waals surface area (Å²) in [7, 11) is 3.90. The summed E-state index contributed by atoms with van der Waals surface area (Å²) in [6.07, 6.45) is 3.96. The fraction of sp³-hybridized carbons (Fsp3) is 0.391. The van der Waals surface area contributed by atoms with Gasteiger partial charge in [0.1, 0.15) is 11.2 Å². The molecule has 0 unspecified atom stereocenters. The molecule has 0 radical (unpaired) electrons. The Balaban J connectivity index is 1.45. The van der Waals surface area contributed by atoms with Crippen molar-refractivity contribution in [3.05, 3.63) is 80.3 Å². The highest BCUT2D eigenvalue weighted by Gasteiger charge is 2.37. The van der Waals surface area contributed by atoms with Crippen molar-refractivity contribution in [3.8, 4) is 0 Å². The second-order valence-corrected chi connectivity index (χ2v) is 8.85. The monoisotopic (exact) mass is 419 g/mol. The lowest BCUT2D eigenvalue weighted by Crippen LogP contribution is -2.50. The molecular formula is C23H25N5O3. The van der Waals surface area contributed by atoms with Crippen molar-refractivity contribution >= 4 is 11.6 Å². The average molecular weight is 419 g/mol. The second-order valence-electron chi connectivity index (χ2n) is 8.85. The third-order valence-corrected chi connectivity index (χ3v) is 6.30. The summed E-state index contributed by atoms with van der Waals surface area (Å²) in [6, 6.07) is 9.23. The molecule has 5 heterocycles. The maximum absolute atomic E-state index is 13.2. The Labute approximate surface area is 179 Å². The van der Waals surface area contributed by atoms with Crippen molar-refractivity contribution in [2.75, 3.05) is 27.2 Å². The summed E-state index contributed by atoms with van der Waals surface area (Å²) < 4.78 is 3.30. The molecule has 2 atom stereocenters. The fourth-order valence-corrected chi connectivity index (χ4v) is 4.96. The molecule has 0 saturated carbocycles. The molecule has 160 valence electrons. The summed E-state index contributed by atoms with van der Waals surface area (Å²) in [5.41, 5.74) is 2.09. The summed E-state index contributed by atoms with van der Waals surface area (Å²) in [5, 5.41) is 0. The number of amides is 1. The molecular weight excluding hydrogens is 394 g/mol. The molecule has 8 heteroatoms. The molecule has 8 nitrogen and oxygen atoms in total. The zero-order chi connectivity index (χ0) is 21.7. The van der Waals surface area contributed by atoms with E-state index in [4.69, 9.17) is 0 Å². The molecule has 0 N–H and O–H groups in total. The Kier molecular flexibility index (Phi) is 4.74. The van der Waals surface area contributed by atoms with Gasteiger partial charge in [-0.1, -0.05) is 12.1 Å². The molecule has 2 aliphatic heterocycles. The predicted molar refractivity (Wildman–Crippen MR) is 116 cm³/mol. The van der Waals surface area contributed by atoms with Gasteiger partial charge < -0.3 is 14.4 Å². The summed E-state index contributed by atoms with van der Waals surface area (Å²) in [4.78, 5) is 47.1. The first-order valence-electron chi connectivity index (χ1n) is 10.6. The Morgan fingerprint density at radius 2 is 1.94 bits per heavy atom. The number of pyridine rings is 2. The first kappa shape index (κ1) is 19.7. The number of hydrogen-bond donors (Lipinski definition) is 0. The standard InChI is InChI=1S/C23H25N5O3/c1-25(2)13-16-6-7-19-17-9-15(12-28(19)21(16)29)11-26(14-17)22(30)18-10-24-20-5-3-4-8-27(20)23(18)31/h3-8,10,15,17H,9,11-14H2,1-2H3/t15-,17+/m0/s1. The minimum Gasteiger partial charge on any atom is -0.337 e. The lowest BCUT2D eigenvalue weighted by molar-refractivity contribution is 0.0591. The van der Waals surface area contributed by atoms with E-state index in [1.54, 1.807) is 29.3 Å². The van der Waals surface area contributed by atoms with Crippen LogP contribution in [0.15, 0.2) is 52.3 Å². The van der Waals surface area contributed by atoms with Crippen LogP contribution in [0.25, 0.3) is 5.65 Å². The summed E-state index contributed by atoms with van der Waals surface area (Å²) in [5.74, 6) is -0.00196. The smallest absolute Gasteiger partial charge is 0.270 e. The van der Waals surface area contributed by atoms with Crippen LogP contribution in [0.5, 0.6) is 0 Å². The van der Waals surface area contributed by atoms with E-state index in [1.165, 1.54) is 10.6 Å². The van der Waals surface area contributed by atoms with Crippen molar-refractivity contribution < 1.29 is 4.79 Å². The van der Waals surface area contributed by atoms with E-state index in [1.807, 2.05) is 35.7 Å². The molecule has 2 aliphatic rings. The van der Waals surface area contributed by atoms with Crippen LogP contribution in [0.4, 0.5) is 0 Å². The summed E-state index contributed by atoms with van der Waals surface area (Å²) >= 11 is 0. The van der Waals surface area contributed by atoms with E-state index in [9.17, 15) is 14.4 Å². The van der Waals surface area contributed by atoms with E-state index in [2.05, 4.69) is 4.98 Å². The molecule has 1 fully saturated rings. The quantitative estimate of drug-likeness (QED) is 0.637. The van der Waals surface area contributed by atoms with Crippen LogP contribution < -0.4 is 11.1 Å². The number of rotatable bonds is 3. The maximum Gasteiger partial charge on any atom is 0.270 e. The van der Waals surface area contributed by atoms with Gasteiger partial charge in [0.05, 0.1) is 0 Å². The first-order chi connectivity index (χ1) is 14.9. The number of fused-ring (bicyclic) bond motifs is 5. The van der Waals surface area contributed by atoms with Crippen LogP contribution in [0.3, 0.4) is 0 Å². The number of nitrogens with zero attached hydrogens (tertiary/aromatic N) is 5. The molecule has 3 aromatic heterocycles. The molecule has 31 heavy (non-hydrogen) atoms. The van der Waals surface area contributed by atoms with E-state index < -0.39 is 0 Å².